The molecule has 16 heavy (non-hydrogen) atoms. The highest BCUT2D eigenvalue weighted by atomic mass is 19.4. The molecule has 0 aromatic carbocycles. The Morgan fingerprint density at radius 3 is 2.75 bits per heavy atom. The molecular formula is C9H11F3N2O2. The maximum atomic E-state index is 12.3. The van der Waals surface area contributed by atoms with E-state index in [9.17, 15) is 18.0 Å². The first-order chi connectivity index (χ1) is 7.49. The third-order valence-electron chi connectivity index (χ3n) is 1.78. The summed E-state index contributed by atoms with van der Waals surface area (Å²) in [6.07, 6.45) is -3.49. The largest absolute Gasteiger partial charge is 0.435 e. The summed E-state index contributed by atoms with van der Waals surface area (Å²) in [6, 6.07) is 0.697. The summed E-state index contributed by atoms with van der Waals surface area (Å²) in [5.74, 6) is 0. The molecule has 4 nitrogen and oxygen atoms in total. The molecule has 0 saturated carbocycles. The minimum Gasteiger partial charge on any atom is -0.359 e. The van der Waals surface area contributed by atoms with Crippen LogP contribution in [0.25, 0.3) is 0 Å². The van der Waals surface area contributed by atoms with Gasteiger partial charge in [0.25, 0.3) is 0 Å². The molecule has 0 unspecified atom stereocenters. The summed E-state index contributed by atoms with van der Waals surface area (Å²) >= 11 is 0. The van der Waals surface area contributed by atoms with Crippen molar-refractivity contribution in [3.8, 4) is 0 Å². The first kappa shape index (κ1) is 12.7. The van der Waals surface area contributed by atoms with Crippen LogP contribution < -0.4 is 0 Å². The van der Waals surface area contributed by atoms with E-state index in [0.29, 0.717) is 19.0 Å². The van der Waals surface area contributed by atoms with E-state index in [2.05, 4.69) is 5.10 Å². The van der Waals surface area contributed by atoms with E-state index in [4.69, 9.17) is 4.74 Å². The first-order valence-corrected chi connectivity index (χ1v) is 4.67. The SMILES string of the molecule is CCCOCn1nc(C(F)(F)F)cc1C=O. The third kappa shape index (κ3) is 3.06. The average Bonchev–Trinajstić information content (AvgIpc) is 2.61. The zero-order chi connectivity index (χ0) is 12.2. The van der Waals surface area contributed by atoms with Crippen LogP contribution >= 0.6 is 0 Å². The Kier molecular flexibility index (Phi) is 4.05. The summed E-state index contributed by atoms with van der Waals surface area (Å²) in [6.45, 7) is 2.11. The zero-order valence-electron chi connectivity index (χ0n) is 8.62. The molecule has 0 radical (unpaired) electrons. The number of alkyl halides is 3. The van der Waals surface area contributed by atoms with Gasteiger partial charge in [0.05, 0.1) is 0 Å². The van der Waals surface area contributed by atoms with E-state index in [-0.39, 0.29) is 12.4 Å². The Labute approximate surface area is 90.0 Å². The monoisotopic (exact) mass is 236 g/mol. The normalized spacial score (nSPS) is 11.8. The van der Waals surface area contributed by atoms with E-state index in [1.165, 1.54) is 0 Å². The van der Waals surface area contributed by atoms with Gasteiger partial charge >= 0.3 is 6.18 Å². The summed E-state index contributed by atoms with van der Waals surface area (Å²) in [5.41, 5.74) is -1.24. The van der Waals surface area contributed by atoms with Gasteiger partial charge in [-0.05, 0) is 12.5 Å². The second-order valence-electron chi connectivity index (χ2n) is 3.11. The molecule has 7 heteroatoms. The van der Waals surface area contributed by atoms with Crippen LogP contribution in [0.1, 0.15) is 29.5 Å². The van der Waals surface area contributed by atoms with Gasteiger partial charge in [0.15, 0.2) is 12.0 Å². The smallest absolute Gasteiger partial charge is 0.359 e. The average molecular weight is 236 g/mol. The molecule has 0 aliphatic carbocycles. The summed E-state index contributed by atoms with van der Waals surface area (Å²) in [5, 5.41) is 3.26. The van der Waals surface area contributed by atoms with E-state index in [1.807, 2.05) is 6.92 Å². The standard InChI is InChI=1S/C9H11F3N2O2/c1-2-3-16-6-14-7(5-15)4-8(13-14)9(10,11)12/h4-5H,2-3,6H2,1H3. The van der Waals surface area contributed by atoms with E-state index in [1.54, 1.807) is 0 Å². The minimum absolute atomic E-state index is 0.150. The van der Waals surface area contributed by atoms with E-state index >= 15 is 0 Å². The molecule has 0 N–H and O–H groups in total. The molecule has 0 aliphatic heterocycles. The Balaban J connectivity index is 2.83. The van der Waals surface area contributed by atoms with Crippen molar-refractivity contribution >= 4 is 6.29 Å². The molecule has 0 amide bonds. The lowest BCUT2D eigenvalue weighted by molar-refractivity contribution is -0.141. The molecule has 1 aromatic heterocycles. The fourth-order valence-electron chi connectivity index (χ4n) is 1.06. The molecule has 0 saturated heterocycles. The van der Waals surface area contributed by atoms with Crippen molar-refractivity contribution in [1.29, 1.82) is 0 Å². The number of carbonyl (C=O) groups is 1. The molecule has 0 aliphatic rings. The van der Waals surface area contributed by atoms with Crippen molar-refractivity contribution in [2.45, 2.75) is 26.3 Å². The maximum absolute atomic E-state index is 12.3. The summed E-state index contributed by atoms with van der Waals surface area (Å²) in [4.78, 5) is 10.5. The van der Waals surface area contributed by atoms with Crippen LogP contribution in [0.4, 0.5) is 13.2 Å². The fraction of sp³-hybridized carbons (Fsp3) is 0.556. The Bertz CT molecular complexity index is 360. The molecule has 0 fully saturated rings. The minimum atomic E-state index is -4.55. The Morgan fingerprint density at radius 1 is 1.56 bits per heavy atom. The van der Waals surface area contributed by atoms with Gasteiger partial charge in [-0.1, -0.05) is 6.92 Å². The van der Waals surface area contributed by atoms with Crippen LogP contribution in [-0.2, 0) is 17.6 Å². The third-order valence-corrected chi connectivity index (χ3v) is 1.78. The lowest BCUT2D eigenvalue weighted by Crippen LogP contribution is -2.11. The predicted octanol–water partition coefficient (Wildman–Crippen LogP) is 2.10. The number of halogens is 3. The van der Waals surface area contributed by atoms with Gasteiger partial charge < -0.3 is 4.74 Å². The number of aldehydes is 1. The van der Waals surface area contributed by atoms with E-state index < -0.39 is 11.9 Å². The first-order valence-electron chi connectivity index (χ1n) is 4.67. The van der Waals surface area contributed by atoms with Crippen molar-refractivity contribution < 1.29 is 22.7 Å². The van der Waals surface area contributed by atoms with Gasteiger partial charge in [0, 0.05) is 6.61 Å². The summed E-state index contributed by atoms with van der Waals surface area (Å²) in [7, 11) is 0. The van der Waals surface area contributed by atoms with Gasteiger partial charge in [-0.2, -0.15) is 18.3 Å². The number of ether oxygens (including phenoxy) is 1. The maximum Gasteiger partial charge on any atom is 0.435 e. The van der Waals surface area contributed by atoms with Crippen LogP contribution in [0.3, 0.4) is 0 Å². The molecule has 1 heterocycles. The van der Waals surface area contributed by atoms with Gasteiger partial charge in [0.1, 0.15) is 12.4 Å². The van der Waals surface area contributed by atoms with Crippen molar-refractivity contribution in [3.05, 3.63) is 17.5 Å². The molecule has 1 aromatic rings. The predicted molar refractivity (Wildman–Crippen MR) is 48.9 cm³/mol. The van der Waals surface area contributed by atoms with Gasteiger partial charge in [0.2, 0.25) is 0 Å². The lowest BCUT2D eigenvalue weighted by Gasteiger charge is -2.04. The highest BCUT2D eigenvalue weighted by molar-refractivity contribution is 5.72. The van der Waals surface area contributed by atoms with Crippen LogP contribution in [0.5, 0.6) is 0 Å². The number of nitrogens with zero attached hydrogens (tertiary/aromatic N) is 2. The number of hydrogen-bond donors (Lipinski definition) is 0. The van der Waals surface area contributed by atoms with Gasteiger partial charge in [-0.25, -0.2) is 4.68 Å². The second-order valence-corrected chi connectivity index (χ2v) is 3.11. The van der Waals surface area contributed by atoms with Crippen molar-refractivity contribution in [2.75, 3.05) is 6.61 Å². The van der Waals surface area contributed by atoms with Crippen molar-refractivity contribution in [1.82, 2.24) is 9.78 Å². The fourth-order valence-corrected chi connectivity index (χ4v) is 1.06. The topological polar surface area (TPSA) is 44.1 Å². The number of hydrogen-bond acceptors (Lipinski definition) is 3. The molecule has 1 rings (SSSR count). The van der Waals surface area contributed by atoms with Crippen LogP contribution in [0.2, 0.25) is 0 Å². The highest BCUT2D eigenvalue weighted by Gasteiger charge is 2.34. The van der Waals surface area contributed by atoms with Gasteiger partial charge in [-0.15, -0.1) is 0 Å². The van der Waals surface area contributed by atoms with Crippen molar-refractivity contribution in [2.24, 2.45) is 0 Å². The van der Waals surface area contributed by atoms with Crippen LogP contribution in [-0.4, -0.2) is 22.7 Å². The van der Waals surface area contributed by atoms with Crippen molar-refractivity contribution in [3.63, 3.8) is 0 Å². The Hall–Kier alpha value is -1.37. The Morgan fingerprint density at radius 2 is 2.25 bits per heavy atom. The molecule has 90 valence electrons. The molecule has 0 spiro atoms. The van der Waals surface area contributed by atoms with E-state index in [0.717, 1.165) is 11.1 Å². The molecule has 0 atom stereocenters. The molecular weight excluding hydrogens is 225 g/mol. The van der Waals surface area contributed by atoms with Crippen LogP contribution in [0.15, 0.2) is 6.07 Å². The number of rotatable bonds is 5. The van der Waals surface area contributed by atoms with Gasteiger partial charge in [-0.3, -0.25) is 4.79 Å². The zero-order valence-corrected chi connectivity index (χ0v) is 8.62. The van der Waals surface area contributed by atoms with Crippen LogP contribution in [0, 0.1) is 0 Å². The molecule has 0 bridgehead atoms. The quantitative estimate of drug-likeness (QED) is 0.580. The highest BCUT2D eigenvalue weighted by Crippen LogP contribution is 2.28. The number of aromatic nitrogens is 2. The lowest BCUT2D eigenvalue weighted by atomic mass is 10.3. The summed E-state index contributed by atoms with van der Waals surface area (Å²) < 4.78 is 42.7. The second kappa shape index (κ2) is 5.11. The number of carbonyl (C=O) groups excluding carboxylic acids is 1.